The number of nitrogens with one attached hydrogen (secondary N) is 1. The van der Waals surface area contributed by atoms with Gasteiger partial charge in [0.1, 0.15) is 0 Å². The molecule has 0 aromatic heterocycles. The van der Waals surface area contributed by atoms with Crippen molar-refractivity contribution in [1.82, 2.24) is 5.32 Å². The molecule has 4 heteroatoms. The van der Waals surface area contributed by atoms with E-state index in [2.05, 4.69) is 44.9 Å². The van der Waals surface area contributed by atoms with Crippen LogP contribution in [0.15, 0.2) is 4.99 Å². The first-order chi connectivity index (χ1) is 9.26. The topological polar surface area (TPSA) is 59.6 Å². The maximum Gasteiger partial charge on any atom is 0.188 e. The molecule has 0 aliphatic heterocycles. The molecule has 0 saturated carbocycles. The van der Waals surface area contributed by atoms with Crippen molar-refractivity contribution in [2.24, 2.45) is 22.1 Å². The van der Waals surface area contributed by atoms with Crippen molar-refractivity contribution in [2.75, 3.05) is 20.3 Å². The van der Waals surface area contributed by atoms with Crippen molar-refractivity contribution in [3.8, 4) is 0 Å². The monoisotopic (exact) mass is 285 g/mol. The highest BCUT2D eigenvalue weighted by Crippen LogP contribution is 2.20. The maximum atomic E-state index is 5.95. The second-order valence-electron chi connectivity index (χ2n) is 6.98. The Morgan fingerprint density at radius 2 is 1.90 bits per heavy atom. The average Bonchev–Trinajstić information content (AvgIpc) is 2.34. The number of rotatable bonds is 10. The molecule has 0 saturated heterocycles. The minimum absolute atomic E-state index is 0.128. The minimum Gasteiger partial charge on any atom is -0.385 e. The van der Waals surface area contributed by atoms with E-state index in [0.29, 0.717) is 12.0 Å². The summed E-state index contributed by atoms with van der Waals surface area (Å²) in [5.74, 6) is 1.34. The third-order valence-electron chi connectivity index (χ3n) is 3.47. The van der Waals surface area contributed by atoms with Gasteiger partial charge in [0, 0.05) is 26.3 Å². The van der Waals surface area contributed by atoms with Crippen molar-refractivity contribution >= 4 is 5.96 Å². The molecular formula is C16H35N3O. The second-order valence-corrected chi connectivity index (χ2v) is 6.98. The van der Waals surface area contributed by atoms with Crippen molar-refractivity contribution in [2.45, 2.75) is 66.3 Å². The molecule has 0 rings (SSSR count). The van der Waals surface area contributed by atoms with Crippen molar-refractivity contribution in [1.29, 1.82) is 0 Å². The highest BCUT2D eigenvalue weighted by atomic mass is 16.5. The van der Waals surface area contributed by atoms with Gasteiger partial charge < -0.3 is 15.8 Å². The zero-order valence-electron chi connectivity index (χ0n) is 14.3. The third-order valence-corrected chi connectivity index (χ3v) is 3.47. The molecule has 4 nitrogen and oxygen atoms in total. The smallest absolute Gasteiger partial charge is 0.188 e. The van der Waals surface area contributed by atoms with Crippen LogP contribution in [0.3, 0.4) is 0 Å². The number of nitrogens with zero attached hydrogens (tertiary/aromatic N) is 1. The fraction of sp³-hybridized carbons (Fsp3) is 0.938. The lowest BCUT2D eigenvalue weighted by Gasteiger charge is -2.22. The quantitative estimate of drug-likeness (QED) is 0.479. The molecule has 1 unspecified atom stereocenters. The van der Waals surface area contributed by atoms with E-state index in [1.807, 2.05) is 0 Å². The molecule has 0 aromatic rings. The fourth-order valence-electron chi connectivity index (χ4n) is 1.96. The summed E-state index contributed by atoms with van der Waals surface area (Å²) in [6.45, 7) is 12.6. The molecule has 1 atom stereocenters. The Morgan fingerprint density at radius 3 is 2.45 bits per heavy atom. The predicted octanol–water partition coefficient (Wildman–Crippen LogP) is 3.17. The number of ether oxygens (including phenoxy) is 1. The number of aliphatic imine (C=N–C) groups is 1. The van der Waals surface area contributed by atoms with Gasteiger partial charge in [0.25, 0.3) is 0 Å². The lowest BCUT2D eigenvalue weighted by Crippen LogP contribution is -2.39. The molecule has 20 heavy (non-hydrogen) atoms. The van der Waals surface area contributed by atoms with Crippen LogP contribution in [0.2, 0.25) is 0 Å². The summed E-state index contributed by atoms with van der Waals surface area (Å²) in [4.78, 5) is 4.46. The molecule has 0 spiro atoms. The zero-order chi connectivity index (χ0) is 15.6. The summed E-state index contributed by atoms with van der Waals surface area (Å²) < 4.78 is 5.12. The normalized spacial score (nSPS) is 14.7. The van der Waals surface area contributed by atoms with Gasteiger partial charge in [-0.05, 0) is 31.1 Å². The predicted molar refractivity (Wildman–Crippen MR) is 88.1 cm³/mol. The number of guanidine groups is 1. The molecule has 0 heterocycles. The van der Waals surface area contributed by atoms with E-state index in [1.54, 1.807) is 7.11 Å². The molecule has 0 amide bonds. The van der Waals surface area contributed by atoms with Crippen LogP contribution >= 0.6 is 0 Å². The number of methoxy groups -OCH3 is 1. The standard InChI is InChI=1S/C16H35N3O/c1-13(2)8-7-9-14(3)19-15(17)18-12-16(4,5)10-11-20-6/h13-14H,7-12H2,1-6H3,(H3,17,18,19). The largest absolute Gasteiger partial charge is 0.385 e. The van der Waals surface area contributed by atoms with Crippen LogP contribution < -0.4 is 11.1 Å². The van der Waals surface area contributed by atoms with Crippen molar-refractivity contribution in [3.05, 3.63) is 0 Å². The Kier molecular flexibility index (Phi) is 9.64. The lowest BCUT2D eigenvalue weighted by molar-refractivity contribution is 0.155. The van der Waals surface area contributed by atoms with Crippen LogP contribution in [0.25, 0.3) is 0 Å². The number of hydrogen-bond donors (Lipinski definition) is 2. The van der Waals surface area contributed by atoms with Crippen LogP contribution in [-0.2, 0) is 4.74 Å². The van der Waals surface area contributed by atoms with E-state index < -0.39 is 0 Å². The molecule has 0 fully saturated rings. The molecule has 0 aliphatic carbocycles. The van der Waals surface area contributed by atoms with Gasteiger partial charge in [0.2, 0.25) is 0 Å². The molecule has 0 aliphatic rings. The first-order valence-corrected chi connectivity index (χ1v) is 7.82. The van der Waals surface area contributed by atoms with Crippen molar-refractivity contribution < 1.29 is 4.74 Å². The molecule has 120 valence electrons. The van der Waals surface area contributed by atoms with Gasteiger partial charge in [-0.25, -0.2) is 0 Å². The van der Waals surface area contributed by atoms with Gasteiger partial charge in [0.05, 0.1) is 0 Å². The van der Waals surface area contributed by atoms with Gasteiger partial charge in [-0.2, -0.15) is 0 Å². The van der Waals surface area contributed by atoms with E-state index in [1.165, 1.54) is 12.8 Å². The summed E-state index contributed by atoms with van der Waals surface area (Å²) in [5.41, 5.74) is 6.08. The summed E-state index contributed by atoms with van der Waals surface area (Å²) in [5, 5.41) is 3.28. The second kappa shape index (κ2) is 10.0. The van der Waals surface area contributed by atoms with Crippen LogP contribution in [-0.4, -0.2) is 32.3 Å². The molecule has 3 N–H and O–H groups in total. The highest BCUT2D eigenvalue weighted by molar-refractivity contribution is 5.78. The third kappa shape index (κ3) is 11.1. The molecule has 0 radical (unpaired) electrons. The van der Waals surface area contributed by atoms with E-state index in [4.69, 9.17) is 10.5 Å². The van der Waals surface area contributed by atoms with E-state index in [0.717, 1.165) is 31.9 Å². The van der Waals surface area contributed by atoms with Gasteiger partial charge in [-0.3, -0.25) is 4.99 Å². The molecular weight excluding hydrogens is 250 g/mol. The Balaban J connectivity index is 3.99. The van der Waals surface area contributed by atoms with Gasteiger partial charge in [-0.15, -0.1) is 0 Å². The van der Waals surface area contributed by atoms with Gasteiger partial charge in [-0.1, -0.05) is 40.5 Å². The van der Waals surface area contributed by atoms with E-state index >= 15 is 0 Å². The van der Waals surface area contributed by atoms with E-state index in [9.17, 15) is 0 Å². The van der Waals surface area contributed by atoms with Crippen molar-refractivity contribution in [3.63, 3.8) is 0 Å². The Morgan fingerprint density at radius 1 is 1.25 bits per heavy atom. The highest BCUT2D eigenvalue weighted by Gasteiger charge is 2.17. The SMILES string of the molecule is COCCC(C)(C)CN=C(N)NC(C)CCCC(C)C. The first-order valence-electron chi connectivity index (χ1n) is 7.82. The van der Waals surface area contributed by atoms with Crippen LogP contribution in [0.5, 0.6) is 0 Å². The van der Waals surface area contributed by atoms with Crippen LogP contribution in [0, 0.1) is 11.3 Å². The summed E-state index contributed by atoms with van der Waals surface area (Å²) >= 11 is 0. The molecule has 0 aromatic carbocycles. The number of nitrogens with two attached hydrogens (primary N) is 1. The van der Waals surface area contributed by atoms with Gasteiger partial charge in [0.15, 0.2) is 5.96 Å². The molecule has 0 bridgehead atoms. The average molecular weight is 285 g/mol. The Bertz CT molecular complexity index is 275. The van der Waals surface area contributed by atoms with Crippen LogP contribution in [0.4, 0.5) is 0 Å². The fourth-order valence-corrected chi connectivity index (χ4v) is 1.96. The van der Waals surface area contributed by atoms with E-state index in [-0.39, 0.29) is 5.41 Å². The first kappa shape index (κ1) is 19.2. The van der Waals surface area contributed by atoms with Gasteiger partial charge >= 0.3 is 0 Å². The summed E-state index contributed by atoms with van der Waals surface area (Å²) in [6, 6.07) is 0.389. The number of hydrogen-bond acceptors (Lipinski definition) is 2. The maximum absolute atomic E-state index is 5.95. The summed E-state index contributed by atoms with van der Waals surface area (Å²) in [7, 11) is 1.73. The van der Waals surface area contributed by atoms with Crippen LogP contribution in [0.1, 0.15) is 60.3 Å². The minimum atomic E-state index is 0.128. The zero-order valence-corrected chi connectivity index (χ0v) is 14.3. The Labute approximate surface area is 125 Å². The summed E-state index contributed by atoms with van der Waals surface area (Å²) in [6.07, 6.45) is 4.64. The Hall–Kier alpha value is -0.770. The lowest BCUT2D eigenvalue weighted by atomic mass is 9.90.